The Kier molecular flexibility index (Phi) is 5.45. The van der Waals surface area contributed by atoms with E-state index >= 15 is 0 Å². The molecule has 2 aliphatic rings. The minimum Gasteiger partial charge on any atom is -0.377 e. The predicted molar refractivity (Wildman–Crippen MR) is 102 cm³/mol. The van der Waals surface area contributed by atoms with Gasteiger partial charge in [0.2, 0.25) is 0 Å². The first-order chi connectivity index (χ1) is 10.7. The minimum absolute atomic E-state index is 0.804. The van der Waals surface area contributed by atoms with Crippen molar-refractivity contribution in [1.29, 1.82) is 0 Å². The number of benzene rings is 1. The van der Waals surface area contributed by atoms with E-state index in [0.717, 1.165) is 11.8 Å². The molecule has 0 aliphatic heterocycles. The fourth-order valence-electron chi connectivity index (χ4n) is 4.65. The van der Waals surface area contributed by atoms with Gasteiger partial charge in [0.1, 0.15) is 0 Å². The average molecular weight is 317 g/mol. The number of hydrogen-bond acceptors (Lipinski definition) is 1. The van der Waals surface area contributed by atoms with E-state index in [1.165, 1.54) is 75.2 Å². The van der Waals surface area contributed by atoms with Gasteiger partial charge in [-0.1, -0.05) is 44.6 Å². The number of nitrogens with zero attached hydrogens (tertiary/aromatic N) is 1. The van der Waals surface area contributed by atoms with Crippen molar-refractivity contribution in [3.63, 3.8) is 0 Å². The van der Waals surface area contributed by atoms with Crippen LogP contribution in [0.15, 0.2) is 12.1 Å². The highest BCUT2D eigenvalue weighted by Crippen LogP contribution is 2.42. The summed E-state index contributed by atoms with van der Waals surface area (Å²) in [5.74, 6) is 1.62. The van der Waals surface area contributed by atoms with E-state index < -0.39 is 0 Å². The largest absolute Gasteiger partial charge is 0.377 e. The summed E-state index contributed by atoms with van der Waals surface area (Å²) in [6, 6.07) is 4.83. The van der Waals surface area contributed by atoms with E-state index in [-0.39, 0.29) is 0 Å². The normalized spacial score (nSPS) is 21.0. The molecule has 0 saturated heterocycles. The summed E-state index contributed by atoms with van der Waals surface area (Å²) in [5.41, 5.74) is 4.80. The number of hydrogen-bond donors (Lipinski definition) is 0. The number of rotatable bonds is 3. The van der Waals surface area contributed by atoms with Crippen LogP contribution in [-0.2, 0) is 0 Å². The molecule has 0 bridgehead atoms. The monoisotopic (exact) mass is 317 g/mol. The summed E-state index contributed by atoms with van der Waals surface area (Å²) < 4.78 is 0. The Balaban J connectivity index is 2.01. The molecule has 0 radical (unpaired) electrons. The lowest BCUT2D eigenvalue weighted by Gasteiger charge is -2.32. The maximum absolute atomic E-state index is 3.10. The second-order valence-corrected chi connectivity index (χ2v) is 8.14. The SMILES string of the molecule is CN(C)c1ccc(C2CCCCC2)c(C2CCCCC2)c1P. The second kappa shape index (κ2) is 7.35. The Hall–Kier alpha value is -0.550. The molecule has 2 fully saturated rings. The van der Waals surface area contributed by atoms with Crippen LogP contribution >= 0.6 is 9.24 Å². The average Bonchev–Trinajstić information content (AvgIpc) is 2.55. The van der Waals surface area contributed by atoms with Crippen molar-refractivity contribution >= 4 is 20.2 Å². The zero-order valence-corrected chi connectivity index (χ0v) is 15.6. The molecular formula is C20H32NP. The van der Waals surface area contributed by atoms with E-state index in [2.05, 4.69) is 40.4 Å². The Morgan fingerprint density at radius 1 is 0.818 bits per heavy atom. The van der Waals surface area contributed by atoms with Gasteiger partial charge in [0.25, 0.3) is 0 Å². The third kappa shape index (κ3) is 3.35. The number of anilines is 1. The van der Waals surface area contributed by atoms with Gasteiger partial charge in [-0.3, -0.25) is 0 Å². The summed E-state index contributed by atoms with van der Waals surface area (Å²) in [4.78, 5) is 2.28. The van der Waals surface area contributed by atoms with Crippen molar-refractivity contribution in [2.75, 3.05) is 19.0 Å². The molecule has 0 N–H and O–H groups in total. The van der Waals surface area contributed by atoms with E-state index in [1.54, 1.807) is 11.1 Å². The molecule has 2 heteroatoms. The molecule has 1 unspecified atom stereocenters. The topological polar surface area (TPSA) is 3.24 Å². The van der Waals surface area contributed by atoms with Crippen LogP contribution in [-0.4, -0.2) is 14.1 Å². The van der Waals surface area contributed by atoms with Gasteiger partial charge in [-0.2, -0.15) is 0 Å². The van der Waals surface area contributed by atoms with Gasteiger partial charge in [0, 0.05) is 19.8 Å². The molecule has 1 nitrogen and oxygen atoms in total. The van der Waals surface area contributed by atoms with Crippen molar-refractivity contribution in [3.05, 3.63) is 23.3 Å². The van der Waals surface area contributed by atoms with Gasteiger partial charge < -0.3 is 4.90 Å². The molecule has 1 aromatic rings. The van der Waals surface area contributed by atoms with Gasteiger partial charge in [0.15, 0.2) is 0 Å². The molecule has 0 spiro atoms. The Morgan fingerprint density at radius 3 is 1.91 bits per heavy atom. The summed E-state index contributed by atoms with van der Waals surface area (Å²) in [6.07, 6.45) is 14.2. The zero-order chi connectivity index (χ0) is 15.5. The van der Waals surface area contributed by atoms with Gasteiger partial charge in [-0.25, -0.2) is 0 Å². The molecule has 0 amide bonds. The molecule has 2 saturated carbocycles. The standard InChI is InChI=1S/C20H32NP/c1-21(2)18-14-13-17(15-9-5-3-6-10-15)19(20(18)22)16-11-7-4-8-12-16/h13-16H,3-12,22H2,1-2H3. The quantitative estimate of drug-likeness (QED) is 0.679. The van der Waals surface area contributed by atoms with E-state index in [9.17, 15) is 0 Å². The fourth-order valence-corrected chi connectivity index (χ4v) is 5.40. The Bertz CT molecular complexity index is 497. The van der Waals surface area contributed by atoms with Gasteiger partial charge in [0.05, 0.1) is 0 Å². The van der Waals surface area contributed by atoms with Crippen LogP contribution in [0.4, 0.5) is 5.69 Å². The van der Waals surface area contributed by atoms with Crippen molar-refractivity contribution in [2.24, 2.45) is 0 Å². The summed E-state index contributed by atoms with van der Waals surface area (Å²) >= 11 is 0. The van der Waals surface area contributed by atoms with Crippen molar-refractivity contribution < 1.29 is 0 Å². The summed E-state index contributed by atoms with van der Waals surface area (Å²) in [5, 5.41) is 1.49. The third-order valence-electron chi connectivity index (χ3n) is 5.84. The minimum atomic E-state index is 0.804. The highest BCUT2D eigenvalue weighted by Gasteiger charge is 2.26. The molecule has 0 aromatic heterocycles. The van der Waals surface area contributed by atoms with E-state index in [4.69, 9.17) is 0 Å². The Morgan fingerprint density at radius 2 is 1.36 bits per heavy atom. The summed E-state index contributed by atoms with van der Waals surface area (Å²) in [7, 11) is 7.45. The van der Waals surface area contributed by atoms with Crippen LogP contribution in [0.2, 0.25) is 0 Å². The molecule has 122 valence electrons. The van der Waals surface area contributed by atoms with Crippen LogP contribution < -0.4 is 10.2 Å². The molecule has 22 heavy (non-hydrogen) atoms. The van der Waals surface area contributed by atoms with Gasteiger partial charge in [-0.15, -0.1) is 9.24 Å². The lowest BCUT2D eigenvalue weighted by atomic mass is 9.75. The first kappa shape index (κ1) is 16.3. The maximum Gasteiger partial charge on any atom is 0.0436 e. The van der Waals surface area contributed by atoms with Crippen LogP contribution in [0, 0.1) is 0 Å². The summed E-state index contributed by atoms with van der Waals surface area (Å²) in [6.45, 7) is 0. The lowest BCUT2D eigenvalue weighted by molar-refractivity contribution is 0.420. The first-order valence-electron chi connectivity index (χ1n) is 9.28. The van der Waals surface area contributed by atoms with Crippen LogP contribution in [0.25, 0.3) is 0 Å². The van der Waals surface area contributed by atoms with E-state index in [0.29, 0.717) is 0 Å². The van der Waals surface area contributed by atoms with Gasteiger partial charge in [-0.05, 0) is 60.0 Å². The highest BCUT2D eigenvalue weighted by molar-refractivity contribution is 7.28. The predicted octanol–water partition coefficient (Wildman–Crippen LogP) is 5.35. The zero-order valence-electron chi connectivity index (χ0n) is 14.4. The van der Waals surface area contributed by atoms with Crippen LogP contribution in [0.1, 0.15) is 87.2 Å². The van der Waals surface area contributed by atoms with E-state index in [1.807, 2.05) is 0 Å². The highest BCUT2D eigenvalue weighted by atomic mass is 31.0. The molecule has 3 rings (SSSR count). The Labute approximate surface area is 139 Å². The van der Waals surface area contributed by atoms with Crippen LogP contribution in [0.3, 0.4) is 0 Å². The molecule has 0 heterocycles. The fraction of sp³-hybridized carbons (Fsp3) is 0.700. The van der Waals surface area contributed by atoms with Crippen molar-refractivity contribution in [2.45, 2.75) is 76.0 Å². The molecule has 2 aliphatic carbocycles. The van der Waals surface area contributed by atoms with Gasteiger partial charge >= 0.3 is 0 Å². The molecular weight excluding hydrogens is 285 g/mol. The third-order valence-corrected chi connectivity index (χ3v) is 6.44. The molecule has 1 aromatic carbocycles. The lowest BCUT2D eigenvalue weighted by Crippen LogP contribution is -2.23. The molecule has 1 atom stereocenters. The maximum atomic E-state index is 3.10. The van der Waals surface area contributed by atoms with Crippen molar-refractivity contribution in [1.82, 2.24) is 0 Å². The smallest absolute Gasteiger partial charge is 0.0436 e. The second-order valence-electron chi connectivity index (χ2n) is 7.57. The van der Waals surface area contributed by atoms with Crippen molar-refractivity contribution in [3.8, 4) is 0 Å². The first-order valence-corrected chi connectivity index (χ1v) is 9.86. The van der Waals surface area contributed by atoms with Crippen LogP contribution in [0.5, 0.6) is 0 Å².